The SMILES string of the molecule is CC1(C)COB(c2cc(C#N)ccc2OCc2ccccc2)OC1. The number of rotatable bonds is 4. The summed E-state index contributed by atoms with van der Waals surface area (Å²) in [6.45, 7) is 5.86. The molecule has 4 nitrogen and oxygen atoms in total. The molecule has 0 aromatic heterocycles. The molecule has 2 aromatic rings. The van der Waals surface area contributed by atoms with Crippen molar-refractivity contribution >= 4 is 12.6 Å². The van der Waals surface area contributed by atoms with Crippen LogP contribution in [0.2, 0.25) is 0 Å². The van der Waals surface area contributed by atoms with E-state index in [4.69, 9.17) is 19.3 Å². The van der Waals surface area contributed by atoms with Crippen LogP contribution in [0, 0.1) is 16.7 Å². The zero-order valence-electron chi connectivity index (χ0n) is 14.0. The van der Waals surface area contributed by atoms with E-state index in [1.54, 1.807) is 12.1 Å². The van der Waals surface area contributed by atoms with Crippen molar-refractivity contribution < 1.29 is 14.0 Å². The summed E-state index contributed by atoms with van der Waals surface area (Å²) in [4.78, 5) is 0. The van der Waals surface area contributed by atoms with Crippen molar-refractivity contribution in [2.75, 3.05) is 13.2 Å². The van der Waals surface area contributed by atoms with Crippen LogP contribution in [-0.4, -0.2) is 20.3 Å². The maximum atomic E-state index is 9.17. The molecule has 24 heavy (non-hydrogen) atoms. The number of nitrogens with zero attached hydrogens (tertiary/aromatic N) is 1. The average Bonchev–Trinajstić information content (AvgIpc) is 2.61. The van der Waals surface area contributed by atoms with Gasteiger partial charge in [-0.1, -0.05) is 44.2 Å². The smallest absolute Gasteiger partial charge is 0.489 e. The van der Waals surface area contributed by atoms with Crippen molar-refractivity contribution in [2.24, 2.45) is 5.41 Å². The molecule has 3 rings (SSSR count). The maximum Gasteiger partial charge on any atom is 0.497 e. The standard InChI is InChI=1S/C19H20BNO3/c1-19(2)13-23-20(24-14-19)17-10-16(11-21)8-9-18(17)22-12-15-6-4-3-5-7-15/h3-10H,12-14H2,1-2H3. The summed E-state index contributed by atoms with van der Waals surface area (Å²) < 4.78 is 17.7. The van der Waals surface area contributed by atoms with Crippen LogP contribution in [0.5, 0.6) is 5.75 Å². The molecule has 0 N–H and O–H groups in total. The van der Waals surface area contributed by atoms with Gasteiger partial charge in [-0.2, -0.15) is 5.26 Å². The van der Waals surface area contributed by atoms with Crippen LogP contribution in [-0.2, 0) is 15.9 Å². The maximum absolute atomic E-state index is 9.17. The first kappa shape index (κ1) is 16.6. The number of benzene rings is 2. The van der Waals surface area contributed by atoms with Gasteiger partial charge in [0.2, 0.25) is 0 Å². The van der Waals surface area contributed by atoms with Gasteiger partial charge >= 0.3 is 7.12 Å². The van der Waals surface area contributed by atoms with Crippen LogP contribution in [0.3, 0.4) is 0 Å². The highest BCUT2D eigenvalue weighted by Crippen LogP contribution is 2.23. The van der Waals surface area contributed by atoms with Gasteiger partial charge in [0, 0.05) is 24.1 Å². The van der Waals surface area contributed by atoms with Crippen LogP contribution in [0.25, 0.3) is 0 Å². The van der Waals surface area contributed by atoms with Gasteiger partial charge in [-0.25, -0.2) is 0 Å². The molecule has 122 valence electrons. The Hall–Kier alpha value is -2.29. The fourth-order valence-electron chi connectivity index (χ4n) is 2.54. The fraction of sp³-hybridized carbons (Fsp3) is 0.316. The zero-order valence-corrected chi connectivity index (χ0v) is 14.0. The second kappa shape index (κ2) is 7.08. The second-order valence-electron chi connectivity index (χ2n) is 6.76. The topological polar surface area (TPSA) is 51.5 Å². The summed E-state index contributed by atoms with van der Waals surface area (Å²) >= 11 is 0. The highest BCUT2D eigenvalue weighted by atomic mass is 16.6. The molecule has 0 amide bonds. The Morgan fingerprint density at radius 1 is 1.12 bits per heavy atom. The van der Waals surface area contributed by atoms with Crippen molar-refractivity contribution in [3.8, 4) is 11.8 Å². The largest absolute Gasteiger partial charge is 0.497 e. The fourth-order valence-corrected chi connectivity index (χ4v) is 2.54. The quantitative estimate of drug-likeness (QED) is 0.813. The number of nitriles is 1. The van der Waals surface area contributed by atoms with E-state index in [2.05, 4.69) is 19.9 Å². The van der Waals surface area contributed by atoms with E-state index in [9.17, 15) is 0 Å². The summed E-state index contributed by atoms with van der Waals surface area (Å²) in [7, 11) is -0.503. The van der Waals surface area contributed by atoms with Crippen molar-refractivity contribution in [3.63, 3.8) is 0 Å². The molecule has 0 atom stereocenters. The molecule has 0 bridgehead atoms. The Kier molecular flexibility index (Phi) is 4.89. The third kappa shape index (κ3) is 3.97. The van der Waals surface area contributed by atoms with Gasteiger partial charge in [-0.3, -0.25) is 0 Å². The van der Waals surface area contributed by atoms with E-state index >= 15 is 0 Å². The van der Waals surface area contributed by atoms with Gasteiger partial charge in [0.05, 0.1) is 11.6 Å². The van der Waals surface area contributed by atoms with Crippen molar-refractivity contribution in [1.82, 2.24) is 0 Å². The van der Waals surface area contributed by atoms with Gasteiger partial charge in [-0.15, -0.1) is 0 Å². The number of ether oxygens (including phenoxy) is 1. The lowest BCUT2D eigenvalue weighted by Gasteiger charge is -2.33. The summed E-state index contributed by atoms with van der Waals surface area (Å²) in [6.07, 6.45) is 0. The molecule has 1 aliphatic rings. The minimum absolute atomic E-state index is 0.00556. The first-order valence-electron chi connectivity index (χ1n) is 8.01. The van der Waals surface area contributed by atoms with E-state index in [-0.39, 0.29) is 5.41 Å². The lowest BCUT2D eigenvalue weighted by atomic mass is 9.74. The van der Waals surface area contributed by atoms with Crippen LogP contribution in [0.1, 0.15) is 25.0 Å². The molecule has 0 aliphatic carbocycles. The summed E-state index contributed by atoms with van der Waals surface area (Å²) in [5.41, 5.74) is 2.41. The molecule has 1 aliphatic heterocycles. The normalized spacial score (nSPS) is 16.5. The monoisotopic (exact) mass is 321 g/mol. The Morgan fingerprint density at radius 2 is 1.83 bits per heavy atom. The van der Waals surface area contributed by atoms with Crippen LogP contribution >= 0.6 is 0 Å². The highest BCUT2D eigenvalue weighted by Gasteiger charge is 2.35. The van der Waals surface area contributed by atoms with Gasteiger partial charge in [0.1, 0.15) is 12.4 Å². The molecular weight excluding hydrogens is 301 g/mol. The van der Waals surface area contributed by atoms with Gasteiger partial charge in [0.25, 0.3) is 0 Å². The van der Waals surface area contributed by atoms with Crippen molar-refractivity contribution in [2.45, 2.75) is 20.5 Å². The van der Waals surface area contributed by atoms with E-state index in [0.717, 1.165) is 11.0 Å². The molecule has 0 saturated carbocycles. The Labute approximate surface area is 143 Å². The second-order valence-corrected chi connectivity index (χ2v) is 6.76. The van der Waals surface area contributed by atoms with Gasteiger partial charge in [-0.05, 0) is 23.8 Å². The summed E-state index contributed by atoms with van der Waals surface area (Å²) in [5, 5.41) is 9.17. The van der Waals surface area contributed by atoms with Crippen molar-refractivity contribution in [3.05, 3.63) is 59.7 Å². The molecule has 0 radical (unpaired) electrons. The lowest BCUT2D eigenvalue weighted by Crippen LogP contribution is -2.47. The third-order valence-corrected chi connectivity index (χ3v) is 3.88. The third-order valence-electron chi connectivity index (χ3n) is 3.88. The predicted molar refractivity (Wildman–Crippen MR) is 93.0 cm³/mol. The van der Waals surface area contributed by atoms with E-state index in [1.807, 2.05) is 36.4 Å². The Balaban J connectivity index is 1.80. The van der Waals surface area contributed by atoms with E-state index < -0.39 is 7.12 Å². The summed E-state index contributed by atoms with van der Waals surface area (Å²) in [5.74, 6) is 0.683. The van der Waals surface area contributed by atoms with Gasteiger partial charge in [0.15, 0.2) is 0 Å². The van der Waals surface area contributed by atoms with E-state index in [1.165, 1.54) is 0 Å². The van der Waals surface area contributed by atoms with E-state index in [0.29, 0.717) is 31.1 Å². The molecule has 2 aromatic carbocycles. The van der Waals surface area contributed by atoms with Crippen molar-refractivity contribution in [1.29, 1.82) is 5.26 Å². The average molecular weight is 321 g/mol. The first-order chi connectivity index (χ1) is 11.6. The Bertz CT molecular complexity index is 730. The molecule has 1 heterocycles. The Morgan fingerprint density at radius 3 is 2.50 bits per heavy atom. The van der Waals surface area contributed by atoms with Crippen LogP contribution in [0.15, 0.2) is 48.5 Å². The van der Waals surface area contributed by atoms with Crippen LogP contribution in [0.4, 0.5) is 0 Å². The number of hydrogen-bond donors (Lipinski definition) is 0. The molecule has 0 spiro atoms. The molecule has 5 heteroatoms. The lowest BCUT2D eigenvalue weighted by molar-refractivity contribution is 0.0340. The van der Waals surface area contributed by atoms with Crippen LogP contribution < -0.4 is 10.2 Å². The van der Waals surface area contributed by atoms with Gasteiger partial charge < -0.3 is 14.0 Å². The summed E-state index contributed by atoms with van der Waals surface area (Å²) in [6, 6.07) is 17.5. The predicted octanol–water partition coefficient (Wildman–Crippen LogP) is 2.91. The minimum atomic E-state index is -0.503. The molecule has 1 saturated heterocycles. The minimum Gasteiger partial charge on any atom is -0.489 e. The first-order valence-corrected chi connectivity index (χ1v) is 8.01. The molecular formula is C19H20BNO3. The number of hydrogen-bond acceptors (Lipinski definition) is 4. The zero-order chi connectivity index (χ0) is 17.0. The molecule has 0 unspecified atom stereocenters. The molecule has 1 fully saturated rings. The highest BCUT2D eigenvalue weighted by molar-refractivity contribution is 6.62.